The molecule has 0 saturated carbocycles. The minimum Gasteiger partial charge on any atom is -0.370 e. The Hall–Kier alpha value is -0.120. The lowest BCUT2D eigenvalue weighted by Gasteiger charge is -2.22. The molecule has 0 bridgehead atoms. The molecule has 0 saturated heterocycles. The Kier molecular flexibility index (Phi) is 3.71. The van der Waals surface area contributed by atoms with Gasteiger partial charge >= 0.3 is 0 Å². The predicted molar refractivity (Wildman–Crippen MR) is 56.3 cm³/mol. The molecule has 0 aliphatic heterocycles. The number of hydrogen-bond donors (Lipinski definition) is 0. The molecule has 4 heteroatoms. The fourth-order valence-corrected chi connectivity index (χ4v) is 1.61. The van der Waals surface area contributed by atoms with Gasteiger partial charge in [-0.25, -0.2) is 4.98 Å². The summed E-state index contributed by atoms with van der Waals surface area (Å²) in [6.45, 7) is 6.87. The van der Waals surface area contributed by atoms with Crippen LogP contribution < -0.4 is 0 Å². The monoisotopic (exact) mass is 219 g/mol. The van der Waals surface area contributed by atoms with Gasteiger partial charge in [-0.1, -0.05) is 18.5 Å². The largest absolute Gasteiger partial charge is 0.370 e. The van der Waals surface area contributed by atoms with Crippen LogP contribution in [0.4, 0.5) is 0 Å². The zero-order valence-electron chi connectivity index (χ0n) is 8.13. The van der Waals surface area contributed by atoms with Crippen molar-refractivity contribution in [3.05, 3.63) is 15.5 Å². The van der Waals surface area contributed by atoms with Gasteiger partial charge in [0.25, 0.3) is 0 Å². The van der Waals surface area contributed by atoms with Gasteiger partial charge in [-0.2, -0.15) is 0 Å². The van der Waals surface area contributed by atoms with Crippen LogP contribution in [-0.2, 0) is 11.3 Å². The molecular formula is C9H14ClNOS. The summed E-state index contributed by atoms with van der Waals surface area (Å²) in [5.41, 5.74) is -0.0591. The third-order valence-electron chi connectivity index (χ3n) is 1.98. The molecule has 0 radical (unpaired) electrons. The minimum absolute atomic E-state index is 0.0591. The molecule has 13 heavy (non-hydrogen) atoms. The number of aromatic nitrogens is 1. The minimum atomic E-state index is -0.0591. The van der Waals surface area contributed by atoms with Gasteiger partial charge in [-0.05, 0) is 20.3 Å². The quantitative estimate of drug-likeness (QED) is 0.774. The molecule has 1 aromatic rings. The van der Waals surface area contributed by atoms with Crippen LogP contribution in [0, 0.1) is 0 Å². The van der Waals surface area contributed by atoms with E-state index < -0.39 is 0 Å². The second-order valence-electron chi connectivity index (χ2n) is 3.48. The van der Waals surface area contributed by atoms with Crippen molar-refractivity contribution < 1.29 is 4.74 Å². The molecule has 0 amide bonds. The van der Waals surface area contributed by atoms with Gasteiger partial charge in [0, 0.05) is 6.20 Å². The lowest BCUT2D eigenvalue weighted by molar-refractivity contribution is -0.0304. The van der Waals surface area contributed by atoms with Crippen LogP contribution in [-0.4, -0.2) is 10.6 Å². The van der Waals surface area contributed by atoms with Crippen LogP contribution in [0.2, 0.25) is 4.47 Å². The molecule has 1 rings (SSSR count). The standard InChI is InChI=1S/C9H14ClNOS/c1-4-9(2,3)12-6-7-5-11-8(10)13-7/h5H,4,6H2,1-3H3. The zero-order valence-corrected chi connectivity index (χ0v) is 9.71. The Bertz CT molecular complexity index is 272. The highest BCUT2D eigenvalue weighted by atomic mass is 35.5. The first-order chi connectivity index (χ1) is 6.03. The maximum absolute atomic E-state index is 5.70. The molecule has 0 atom stereocenters. The molecule has 0 fully saturated rings. The van der Waals surface area contributed by atoms with Crippen LogP contribution >= 0.6 is 22.9 Å². The molecule has 1 aromatic heterocycles. The average Bonchev–Trinajstić information content (AvgIpc) is 2.48. The molecular weight excluding hydrogens is 206 g/mol. The Morgan fingerprint density at radius 2 is 2.31 bits per heavy atom. The van der Waals surface area contributed by atoms with Crippen molar-refractivity contribution in [2.24, 2.45) is 0 Å². The van der Waals surface area contributed by atoms with Crippen LogP contribution in [0.5, 0.6) is 0 Å². The fraction of sp³-hybridized carbons (Fsp3) is 0.667. The number of thiazole rings is 1. The molecule has 74 valence electrons. The van der Waals surface area contributed by atoms with Crippen molar-refractivity contribution in [2.75, 3.05) is 0 Å². The predicted octanol–water partition coefficient (Wildman–Crippen LogP) is 3.50. The van der Waals surface area contributed by atoms with E-state index in [9.17, 15) is 0 Å². The van der Waals surface area contributed by atoms with Gasteiger partial charge in [0.05, 0.1) is 17.1 Å². The zero-order chi connectivity index (χ0) is 9.90. The Labute approximate surface area is 87.9 Å². The molecule has 1 heterocycles. The van der Waals surface area contributed by atoms with E-state index in [4.69, 9.17) is 16.3 Å². The third kappa shape index (κ3) is 3.63. The fourth-order valence-electron chi connectivity index (χ4n) is 0.719. The van der Waals surface area contributed by atoms with E-state index in [0.717, 1.165) is 11.3 Å². The number of hydrogen-bond acceptors (Lipinski definition) is 3. The lowest BCUT2D eigenvalue weighted by Crippen LogP contribution is -2.22. The van der Waals surface area contributed by atoms with E-state index in [2.05, 4.69) is 25.8 Å². The molecule has 0 aromatic carbocycles. The summed E-state index contributed by atoms with van der Waals surface area (Å²) in [6, 6.07) is 0. The van der Waals surface area contributed by atoms with E-state index >= 15 is 0 Å². The van der Waals surface area contributed by atoms with E-state index in [-0.39, 0.29) is 5.60 Å². The summed E-state index contributed by atoms with van der Waals surface area (Å²) in [6.07, 6.45) is 2.76. The topological polar surface area (TPSA) is 22.1 Å². The number of halogens is 1. The summed E-state index contributed by atoms with van der Waals surface area (Å²) in [4.78, 5) is 5.02. The summed E-state index contributed by atoms with van der Waals surface area (Å²) in [5.74, 6) is 0. The van der Waals surface area contributed by atoms with Gasteiger partial charge in [-0.3, -0.25) is 0 Å². The van der Waals surface area contributed by atoms with Gasteiger partial charge in [0.1, 0.15) is 0 Å². The van der Waals surface area contributed by atoms with Crippen molar-refractivity contribution in [2.45, 2.75) is 39.4 Å². The number of nitrogens with zero attached hydrogens (tertiary/aromatic N) is 1. The molecule has 2 nitrogen and oxygen atoms in total. The smallest absolute Gasteiger partial charge is 0.183 e. The first-order valence-corrected chi connectivity index (χ1v) is 5.47. The van der Waals surface area contributed by atoms with Gasteiger partial charge in [0.15, 0.2) is 4.47 Å². The van der Waals surface area contributed by atoms with E-state index in [1.165, 1.54) is 11.3 Å². The number of ether oxygens (including phenoxy) is 1. The molecule has 0 N–H and O–H groups in total. The lowest BCUT2D eigenvalue weighted by atomic mass is 10.1. The van der Waals surface area contributed by atoms with Crippen LogP contribution in [0.15, 0.2) is 6.20 Å². The highest BCUT2D eigenvalue weighted by molar-refractivity contribution is 7.15. The van der Waals surface area contributed by atoms with Crippen molar-refractivity contribution in [1.29, 1.82) is 0 Å². The van der Waals surface area contributed by atoms with E-state index in [0.29, 0.717) is 11.1 Å². The number of rotatable bonds is 4. The second kappa shape index (κ2) is 4.40. The van der Waals surface area contributed by atoms with Gasteiger partial charge in [-0.15, -0.1) is 11.3 Å². The summed E-state index contributed by atoms with van der Waals surface area (Å²) < 4.78 is 6.27. The Balaban J connectivity index is 2.43. The van der Waals surface area contributed by atoms with Crippen LogP contribution in [0.25, 0.3) is 0 Å². The molecule has 0 spiro atoms. The first-order valence-electron chi connectivity index (χ1n) is 4.27. The van der Waals surface area contributed by atoms with Crippen molar-refractivity contribution in [1.82, 2.24) is 4.98 Å². The molecule has 0 aliphatic rings. The van der Waals surface area contributed by atoms with E-state index in [1.807, 2.05) is 0 Å². The summed E-state index contributed by atoms with van der Waals surface area (Å²) in [5, 5.41) is 0. The van der Waals surface area contributed by atoms with Crippen molar-refractivity contribution >= 4 is 22.9 Å². The maximum Gasteiger partial charge on any atom is 0.183 e. The second-order valence-corrected chi connectivity index (χ2v) is 5.18. The summed E-state index contributed by atoms with van der Waals surface area (Å²) in [7, 11) is 0. The van der Waals surface area contributed by atoms with Gasteiger partial charge < -0.3 is 4.74 Å². The van der Waals surface area contributed by atoms with Crippen LogP contribution in [0.1, 0.15) is 32.1 Å². The highest BCUT2D eigenvalue weighted by Crippen LogP contribution is 2.22. The van der Waals surface area contributed by atoms with Crippen LogP contribution in [0.3, 0.4) is 0 Å². The SMILES string of the molecule is CCC(C)(C)OCc1cnc(Cl)s1. The Morgan fingerprint density at radius 1 is 1.62 bits per heavy atom. The maximum atomic E-state index is 5.70. The van der Waals surface area contributed by atoms with Crippen molar-refractivity contribution in [3.8, 4) is 0 Å². The Morgan fingerprint density at radius 3 is 2.77 bits per heavy atom. The van der Waals surface area contributed by atoms with Gasteiger partial charge in [0.2, 0.25) is 0 Å². The average molecular weight is 220 g/mol. The molecule has 0 unspecified atom stereocenters. The van der Waals surface area contributed by atoms with E-state index in [1.54, 1.807) is 6.20 Å². The third-order valence-corrected chi connectivity index (χ3v) is 3.07. The molecule has 0 aliphatic carbocycles. The highest BCUT2D eigenvalue weighted by Gasteiger charge is 2.15. The van der Waals surface area contributed by atoms with Crippen molar-refractivity contribution in [3.63, 3.8) is 0 Å². The summed E-state index contributed by atoms with van der Waals surface area (Å²) >= 11 is 7.16. The first kappa shape index (κ1) is 11.0. The normalized spacial score (nSPS) is 12.0.